The van der Waals surface area contributed by atoms with Crippen LogP contribution in [0.5, 0.6) is 0 Å². The maximum absolute atomic E-state index is 13.3. The van der Waals surface area contributed by atoms with Crippen LogP contribution in [0.15, 0.2) is 84.9 Å². The molecular formula is C31H39N3O3V. The molecule has 201 valence electrons. The number of aliphatic hydroxyl groups is 1. The molecule has 0 aliphatic rings. The Bertz CT molecular complexity index is 1110. The van der Waals surface area contributed by atoms with Crippen molar-refractivity contribution in [2.75, 3.05) is 19.6 Å². The van der Waals surface area contributed by atoms with Crippen LogP contribution < -0.4 is 10.6 Å². The molecule has 0 aliphatic carbocycles. The summed E-state index contributed by atoms with van der Waals surface area (Å²) in [6.07, 6.45) is 1.44. The minimum Gasteiger partial charge on any atom is -0.390 e. The zero-order chi connectivity index (χ0) is 26.5. The quantitative estimate of drug-likeness (QED) is 0.276. The van der Waals surface area contributed by atoms with Crippen molar-refractivity contribution in [1.29, 1.82) is 0 Å². The second kappa shape index (κ2) is 16.8. The van der Waals surface area contributed by atoms with Gasteiger partial charge < -0.3 is 20.6 Å². The fraction of sp³-hybridized carbons (Fsp3) is 0.355. The van der Waals surface area contributed by atoms with E-state index in [-0.39, 0.29) is 30.4 Å². The van der Waals surface area contributed by atoms with Crippen LogP contribution in [0, 0.1) is 0 Å². The van der Waals surface area contributed by atoms with Gasteiger partial charge in [0.05, 0.1) is 12.1 Å². The molecule has 0 saturated heterocycles. The zero-order valence-electron chi connectivity index (χ0n) is 22.3. The molecule has 1 radical (unpaired) electrons. The fourth-order valence-corrected chi connectivity index (χ4v) is 4.34. The first-order valence-corrected chi connectivity index (χ1v) is 13.2. The van der Waals surface area contributed by atoms with Crippen LogP contribution >= 0.6 is 0 Å². The normalized spacial score (nSPS) is 12.2. The van der Waals surface area contributed by atoms with Gasteiger partial charge in [-0.05, 0) is 48.6 Å². The molecule has 0 heterocycles. The first kappa shape index (κ1) is 31.3. The van der Waals surface area contributed by atoms with Gasteiger partial charge >= 0.3 is 0 Å². The number of nitrogens with one attached hydrogen (secondary N) is 2. The molecule has 0 fully saturated rings. The van der Waals surface area contributed by atoms with E-state index in [1.807, 2.05) is 79.4 Å². The molecule has 0 aromatic heterocycles. The van der Waals surface area contributed by atoms with Crippen molar-refractivity contribution in [2.24, 2.45) is 0 Å². The van der Waals surface area contributed by atoms with E-state index < -0.39 is 12.1 Å². The van der Waals surface area contributed by atoms with Gasteiger partial charge in [-0.1, -0.05) is 80.6 Å². The minimum absolute atomic E-state index is 0. The summed E-state index contributed by atoms with van der Waals surface area (Å²) >= 11 is 0. The molecule has 2 amide bonds. The van der Waals surface area contributed by atoms with E-state index in [9.17, 15) is 14.7 Å². The molecule has 3 aromatic carbocycles. The molecule has 0 aliphatic heterocycles. The number of nitrogens with zero attached hydrogens (tertiary/aromatic N) is 1. The average Bonchev–Trinajstić information content (AvgIpc) is 2.93. The van der Waals surface area contributed by atoms with E-state index in [4.69, 9.17) is 0 Å². The topological polar surface area (TPSA) is 81.7 Å². The number of benzene rings is 3. The predicted octanol–water partition coefficient (Wildman–Crippen LogP) is 4.44. The van der Waals surface area contributed by atoms with Crippen LogP contribution in [0.2, 0.25) is 0 Å². The maximum atomic E-state index is 13.3. The van der Waals surface area contributed by atoms with E-state index >= 15 is 0 Å². The summed E-state index contributed by atoms with van der Waals surface area (Å²) in [7, 11) is 0. The molecule has 0 saturated carbocycles. The van der Waals surface area contributed by atoms with E-state index in [2.05, 4.69) is 10.6 Å². The Morgan fingerprint density at radius 3 is 2.00 bits per heavy atom. The number of amides is 2. The first-order chi connectivity index (χ1) is 18.0. The third-order valence-corrected chi connectivity index (χ3v) is 6.25. The van der Waals surface area contributed by atoms with E-state index in [1.54, 1.807) is 24.3 Å². The van der Waals surface area contributed by atoms with Gasteiger partial charge in [0.15, 0.2) is 0 Å². The third-order valence-electron chi connectivity index (χ3n) is 6.25. The van der Waals surface area contributed by atoms with Gasteiger partial charge in [0.2, 0.25) is 0 Å². The van der Waals surface area contributed by atoms with Gasteiger partial charge in [0.1, 0.15) is 0 Å². The summed E-state index contributed by atoms with van der Waals surface area (Å²) in [6, 6.07) is 26.1. The van der Waals surface area contributed by atoms with Gasteiger partial charge in [0.25, 0.3) is 11.8 Å². The standard InChI is InChI=1S/C31H39N3O3.V/c1-3-18-34(19-4-2)31(37)27-17-11-16-26(21-27)30(36)33-28(20-24-12-7-5-8-13-24)29(35)23-32-22-25-14-9-6-10-15-25;/h5-17,21,28-29,32,35H,3-4,18-20,22-23H2,1-2H3,(H,33,36);. The van der Waals surface area contributed by atoms with Crippen LogP contribution in [0.3, 0.4) is 0 Å². The number of rotatable bonds is 14. The van der Waals surface area contributed by atoms with Gasteiger partial charge in [-0.3, -0.25) is 9.59 Å². The van der Waals surface area contributed by atoms with E-state index in [0.717, 1.165) is 24.0 Å². The summed E-state index contributed by atoms with van der Waals surface area (Å²) in [5.74, 6) is -0.375. The summed E-state index contributed by atoms with van der Waals surface area (Å²) in [6.45, 7) is 6.42. The molecule has 0 spiro atoms. The predicted molar refractivity (Wildman–Crippen MR) is 148 cm³/mol. The molecular weight excluding hydrogens is 513 g/mol. The molecule has 7 heteroatoms. The van der Waals surface area contributed by atoms with Gasteiger partial charge in [-0.25, -0.2) is 0 Å². The van der Waals surface area contributed by atoms with Crippen LogP contribution in [-0.2, 0) is 31.5 Å². The van der Waals surface area contributed by atoms with Crippen molar-refractivity contribution in [3.63, 3.8) is 0 Å². The Labute approximate surface area is 238 Å². The van der Waals surface area contributed by atoms with Crippen molar-refractivity contribution >= 4 is 11.8 Å². The molecule has 3 aromatic rings. The fourth-order valence-electron chi connectivity index (χ4n) is 4.34. The summed E-state index contributed by atoms with van der Waals surface area (Å²) in [4.78, 5) is 28.2. The van der Waals surface area contributed by atoms with Crippen molar-refractivity contribution < 1.29 is 33.3 Å². The monoisotopic (exact) mass is 552 g/mol. The number of hydrogen-bond acceptors (Lipinski definition) is 4. The van der Waals surface area contributed by atoms with Crippen molar-refractivity contribution in [3.05, 3.63) is 107 Å². The third kappa shape index (κ3) is 9.77. The Morgan fingerprint density at radius 2 is 1.39 bits per heavy atom. The second-order valence-corrected chi connectivity index (χ2v) is 9.33. The number of carbonyl (C=O) groups is 2. The molecule has 38 heavy (non-hydrogen) atoms. The Balaban J connectivity index is 0.00000507. The van der Waals surface area contributed by atoms with Gasteiger partial charge in [0, 0.05) is 55.9 Å². The Morgan fingerprint density at radius 1 is 0.816 bits per heavy atom. The van der Waals surface area contributed by atoms with Crippen LogP contribution in [-0.4, -0.2) is 53.6 Å². The Hall–Kier alpha value is -2.90. The summed E-state index contributed by atoms with van der Waals surface area (Å²) in [5, 5.41) is 17.4. The SMILES string of the molecule is CCCN(CCC)C(=O)c1cccc(C(=O)NC(Cc2ccccc2)C(O)CNCc2ccccc2)c1.[V]. The van der Waals surface area contributed by atoms with Gasteiger partial charge in [-0.2, -0.15) is 0 Å². The molecule has 2 atom stereocenters. The van der Waals surface area contributed by atoms with Crippen LogP contribution in [0.1, 0.15) is 58.5 Å². The number of hydrogen-bond donors (Lipinski definition) is 3. The smallest absolute Gasteiger partial charge is 0.253 e. The first-order valence-electron chi connectivity index (χ1n) is 13.2. The summed E-state index contributed by atoms with van der Waals surface area (Å²) < 4.78 is 0. The molecule has 3 rings (SSSR count). The largest absolute Gasteiger partial charge is 0.390 e. The van der Waals surface area contributed by atoms with E-state index in [0.29, 0.717) is 43.7 Å². The molecule has 3 N–H and O–H groups in total. The maximum Gasteiger partial charge on any atom is 0.253 e. The minimum atomic E-state index is -0.803. The zero-order valence-corrected chi connectivity index (χ0v) is 23.7. The second-order valence-electron chi connectivity index (χ2n) is 9.33. The molecule has 6 nitrogen and oxygen atoms in total. The molecule has 2 unspecified atom stereocenters. The average molecular weight is 553 g/mol. The summed E-state index contributed by atoms with van der Waals surface area (Å²) in [5.41, 5.74) is 3.05. The van der Waals surface area contributed by atoms with Crippen LogP contribution in [0.25, 0.3) is 0 Å². The number of aliphatic hydroxyl groups excluding tert-OH is 1. The van der Waals surface area contributed by atoms with Crippen molar-refractivity contribution in [3.8, 4) is 0 Å². The van der Waals surface area contributed by atoms with Crippen LogP contribution in [0.4, 0.5) is 0 Å². The van der Waals surface area contributed by atoms with Crippen molar-refractivity contribution in [1.82, 2.24) is 15.5 Å². The molecule has 0 bridgehead atoms. The number of carbonyl (C=O) groups excluding carboxylic acids is 2. The van der Waals surface area contributed by atoms with Crippen molar-refractivity contribution in [2.45, 2.75) is 51.8 Å². The van der Waals surface area contributed by atoms with Gasteiger partial charge in [-0.15, -0.1) is 0 Å². The van der Waals surface area contributed by atoms with E-state index in [1.165, 1.54) is 0 Å². The Kier molecular flexibility index (Phi) is 13.9.